The predicted octanol–water partition coefficient (Wildman–Crippen LogP) is 1.65. The number of likely N-dealkylation sites (N-methyl/N-ethyl adjacent to an activating group) is 1. The van der Waals surface area contributed by atoms with Crippen LogP contribution < -0.4 is 10.2 Å². The molecule has 0 amide bonds. The molecule has 4 heteroatoms. The Morgan fingerprint density at radius 1 is 1.35 bits per heavy atom. The van der Waals surface area contributed by atoms with Crippen LogP contribution in [0, 0.1) is 0 Å². The zero-order chi connectivity index (χ0) is 12.5. The van der Waals surface area contributed by atoms with E-state index in [1.54, 1.807) is 0 Å². The Labute approximate surface area is 104 Å². The number of rotatable bonds is 2. The first-order valence-corrected chi connectivity index (χ1v) is 6.13. The molecule has 0 bridgehead atoms. The van der Waals surface area contributed by atoms with Crippen LogP contribution in [0.1, 0.15) is 13.8 Å². The minimum absolute atomic E-state index is 0.224. The number of hydrogen-bond donors (Lipinski definition) is 1. The van der Waals surface area contributed by atoms with Crippen molar-refractivity contribution < 1.29 is 0 Å². The molecule has 0 aliphatic carbocycles. The van der Waals surface area contributed by atoms with E-state index in [1.165, 1.54) is 5.69 Å². The summed E-state index contributed by atoms with van der Waals surface area (Å²) in [7, 11) is 4.10. The van der Waals surface area contributed by atoms with Crippen LogP contribution in [-0.4, -0.2) is 49.2 Å². The van der Waals surface area contributed by atoms with Gasteiger partial charge in [0, 0.05) is 50.2 Å². The van der Waals surface area contributed by atoms with Crippen molar-refractivity contribution in [2.75, 3.05) is 43.9 Å². The van der Waals surface area contributed by atoms with Crippen molar-refractivity contribution in [1.29, 1.82) is 0 Å². The summed E-state index contributed by atoms with van der Waals surface area (Å²) in [6.45, 7) is 7.81. The molecule has 2 rings (SSSR count). The second kappa shape index (κ2) is 4.53. The molecule has 0 spiro atoms. The highest BCUT2D eigenvalue weighted by Gasteiger charge is 2.31. The molecule has 0 saturated carbocycles. The Kier molecular flexibility index (Phi) is 3.24. The van der Waals surface area contributed by atoms with E-state index < -0.39 is 0 Å². The van der Waals surface area contributed by atoms with Crippen LogP contribution in [0.3, 0.4) is 0 Å². The third-order valence-corrected chi connectivity index (χ3v) is 3.68. The van der Waals surface area contributed by atoms with E-state index in [0.29, 0.717) is 0 Å². The van der Waals surface area contributed by atoms with E-state index >= 15 is 0 Å². The molecular formula is C13H22N4. The maximum Gasteiger partial charge on any atom is 0.127 e. The standard InChI is InChI=1S/C13H22N4/c1-13(2)10-17(8-7-16(13)4)11-5-6-15-12(9-11)14-3/h5-6,9H,7-8,10H2,1-4H3,(H,14,15). The van der Waals surface area contributed by atoms with Gasteiger partial charge in [0.05, 0.1) is 0 Å². The first kappa shape index (κ1) is 12.2. The Morgan fingerprint density at radius 2 is 2.12 bits per heavy atom. The molecule has 1 aromatic heterocycles. The van der Waals surface area contributed by atoms with E-state index in [-0.39, 0.29) is 5.54 Å². The lowest BCUT2D eigenvalue weighted by Crippen LogP contribution is -2.57. The van der Waals surface area contributed by atoms with Crippen molar-refractivity contribution in [3.05, 3.63) is 18.3 Å². The fourth-order valence-corrected chi connectivity index (χ4v) is 2.21. The van der Waals surface area contributed by atoms with E-state index in [0.717, 1.165) is 25.5 Å². The molecule has 1 aliphatic rings. The van der Waals surface area contributed by atoms with Crippen LogP contribution in [0.15, 0.2) is 18.3 Å². The van der Waals surface area contributed by atoms with Gasteiger partial charge < -0.3 is 10.2 Å². The normalized spacial score (nSPS) is 20.4. The van der Waals surface area contributed by atoms with Gasteiger partial charge in [0.2, 0.25) is 0 Å². The first-order chi connectivity index (χ1) is 8.03. The summed E-state index contributed by atoms with van der Waals surface area (Å²) in [4.78, 5) is 9.11. The average Bonchev–Trinajstić information content (AvgIpc) is 2.32. The van der Waals surface area contributed by atoms with Gasteiger partial charge in [-0.15, -0.1) is 0 Å². The van der Waals surface area contributed by atoms with Gasteiger partial charge in [0.1, 0.15) is 5.82 Å². The molecule has 0 radical (unpaired) electrons. The number of aromatic nitrogens is 1. The first-order valence-electron chi connectivity index (χ1n) is 6.13. The predicted molar refractivity (Wildman–Crippen MR) is 72.7 cm³/mol. The molecule has 1 aliphatic heterocycles. The minimum Gasteiger partial charge on any atom is -0.373 e. The van der Waals surface area contributed by atoms with Crippen LogP contribution in [0.4, 0.5) is 11.5 Å². The fraction of sp³-hybridized carbons (Fsp3) is 0.615. The summed E-state index contributed by atoms with van der Waals surface area (Å²) < 4.78 is 0. The van der Waals surface area contributed by atoms with Crippen molar-refractivity contribution in [3.8, 4) is 0 Å². The van der Waals surface area contributed by atoms with Gasteiger partial charge in [-0.3, -0.25) is 4.90 Å². The zero-order valence-electron chi connectivity index (χ0n) is 11.2. The molecule has 4 nitrogen and oxygen atoms in total. The summed E-state index contributed by atoms with van der Waals surface area (Å²) in [5.41, 5.74) is 1.48. The van der Waals surface area contributed by atoms with Crippen molar-refractivity contribution in [3.63, 3.8) is 0 Å². The molecule has 1 saturated heterocycles. The molecule has 2 heterocycles. The van der Waals surface area contributed by atoms with Crippen molar-refractivity contribution in [2.24, 2.45) is 0 Å². The van der Waals surface area contributed by atoms with Gasteiger partial charge in [-0.05, 0) is 27.0 Å². The highest BCUT2D eigenvalue weighted by molar-refractivity contribution is 5.54. The van der Waals surface area contributed by atoms with E-state index in [2.05, 4.69) is 53.1 Å². The molecule has 1 fully saturated rings. The number of pyridine rings is 1. The van der Waals surface area contributed by atoms with Crippen LogP contribution in [-0.2, 0) is 0 Å². The monoisotopic (exact) mass is 234 g/mol. The molecule has 0 atom stereocenters. The Balaban J connectivity index is 2.17. The second-order valence-corrected chi connectivity index (χ2v) is 5.30. The van der Waals surface area contributed by atoms with Crippen molar-refractivity contribution in [2.45, 2.75) is 19.4 Å². The smallest absolute Gasteiger partial charge is 0.127 e. The highest BCUT2D eigenvalue weighted by Crippen LogP contribution is 2.25. The second-order valence-electron chi connectivity index (χ2n) is 5.30. The molecule has 1 aromatic rings. The number of hydrogen-bond acceptors (Lipinski definition) is 4. The van der Waals surface area contributed by atoms with E-state index in [1.807, 2.05) is 13.2 Å². The highest BCUT2D eigenvalue weighted by atomic mass is 15.3. The Hall–Kier alpha value is -1.29. The van der Waals surface area contributed by atoms with Crippen LogP contribution in [0.2, 0.25) is 0 Å². The van der Waals surface area contributed by atoms with Gasteiger partial charge in [0.15, 0.2) is 0 Å². The molecule has 0 unspecified atom stereocenters. The van der Waals surface area contributed by atoms with Gasteiger partial charge in [-0.2, -0.15) is 0 Å². The minimum atomic E-state index is 0.224. The maximum atomic E-state index is 4.26. The Bertz CT molecular complexity index is 389. The summed E-state index contributed by atoms with van der Waals surface area (Å²) in [6.07, 6.45) is 1.87. The number of piperazine rings is 1. The molecule has 94 valence electrons. The molecule has 17 heavy (non-hydrogen) atoms. The lowest BCUT2D eigenvalue weighted by Gasteiger charge is -2.46. The summed E-state index contributed by atoms with van der Waals surface area (Å²) in [5, 5.41) is 3.09. The Morgan fingerprint density at radius 3 is 2.76 bits per heavy atom. The van der Waals surface area contributed by atoms with Crippen LogP contribution >= 0.6 is 0 Å². The maximum absolute atomic E-state index is 4.26. The summed E-state index contributed by atoms with van der Waals surface area (Å²) in [6, 6.07) is 4.20. The molecule has 0 aromatic carbocycles. The third kappa shape index (κ3) is 2.52. The lowest BCUT2D eigenvalue weighted by molar-refractivity contribution is 0.139. The average molecular weight is 234 g/mol. The van der Waals surface area contributed by atoms with E-state index in [4.69, 9.17) is 0 Å². The quantitative estimate of drug-likeness (QED) is 0.843. The van der Waals surface area contributed by atoms with Crippen LogP contribution in [0.5, 0.6) is 0 Å². The van der Waals surface area contributed by atoms with Gasteiger partial charge >= 0.3 is 0 Å². The zero-order valence-corrected chi connectivity index (χ0v) is 11.2. The van der Waals surface area contributed by atoms with Gasteiger partial charge in [0.25, 0.3) is 0 Å². The number of nitrogens with one attached hydrogen (secondary N) is 1. The van der Waals surface area contributed by atoms with Crippen LogP contribution in [0.25, 0.3) is 0 Å². The number of nitrogens with zero attached hydrogens (tertiary/aromatic N) is 3. The third-order valence-electron chi connectivity index (χ3n) is 3.68. The van der Waals surface area contributed by atoms with Gasteiger partial charge in [-0.1, -0.05) is 0 Å². The van der Waals surface area contributed by atoms with Crippen molar-refractivity contribution in [1.82, 2.24) is 9.88 Å². The SMILES string of the molecule is CNc1cc(N2CCN(C)C(C)(C)C2)ccn1. The summed E-state index contributed by atoms with van der Waals surface area (Å²) in [5.74, 6) is 0.930. The lowest BCUT2D eigenvalue weighted by atomic mass is 9.99. The topological polar surface area (TPSA) is 31.4 Å². The largest absolute Gasteiger partial charge is 0.373 e. The van der Waals surface area contributed by atoms with Gasteiger partial charge in [-0.25, -0.2) is 4.98 Å². The molecular weight excluding hydrogens is 212 g/mol. The number of anilines is 2. The van der Waals surface area contributed by atoms with E-state index in [9.17, 15) is 0 Å². The fourth-order valence-electron chi connectivity index (χ4n) is 2.21. The van der Waals surface area contributed by atoms with Crippen molar-refractivity contribution >= 4 is 11.5 Å². The molecule has 1 N–H and O–H groups in total. The summed E-state index contributed by atoms with van der Waals surface area (Å²) >= 11 is 0.